The lowest BCUT2D eigenvalue weighted by atomic mass is 10.1. The lowest BCUT2D eigenvalue weighted by molar-refractivity contribution is 0.100. The number of nitrogens with zero attached hydrogens (tertiary/aromatic N) is 1. The summed E-state index contributed by atoms with van der Waals surface area (Å²) in [6.45, 7) is 0. The van der Waals surface area contributed by atoms with Gasteiger partial charge in [-0.1, -0.05) is 28.9 Å². The highest BCUT2D eigenvalue weighted by Gasteiger charge is 2.24. The van der Waals surface area contributed by atoms with Crippen molar-refractivity contribution in [2.75, 3.05) is 5.32 Å². The van der Waals surface area contributed by atoms with E-state index in [1.807, 2.05) is 11.4 Å². The zero-order valence-corrected chi connectivity index (χ0v) is 13.1. The number of nitrogens with two attached hydrogens (primary N) is 1. The summed E-state index contributed by atoms with van der Waals surface area (Å²) in [6.07, 6.45) is 0. The number of halogens is 1. The van der Waals surface area contributed by atoms with Crippen molar-refractivity contribution in [2.24, 2.45) is 5.73 Å². The molecule has 3 aromatic rings. The van der Waals surface area contributed by atoms with Gasteiger partial charge in [-0.2, -0.15) is 0 Å². The largest absolute Gasteiger partial charge is 0.365 e. The highest BCUT2D eigenvalue weighted by molar-refractivity contribution is 7.13. The van der Waals surface area contributed by atoms with Crippen LogP contribution >= 0.6 is 22.9 Å². The molecule has 23 heavy (non-hydrogen) atoms. The van der Waals surface area contributed by atoms with Crippen LogP contribution in [0.1, 0.15) is 20.7 Å². The maximum Gasteiger partial charge on any atom is 0.258 e. The van der Waals surface area contributed by atoms with E-state index < -0.39 is 11.8 Å². The fraction of sp³-hybridized carbons (Fsp3) is 0. The molecule has 0 unspecified atom stereocenters. The second-order valence-electron chi connectivity index (χ2n) is 4.54. The molecule has 0 aliphatic heterocycles. The van der Waals surface area contributed by atoms with E-state index in [0.717, 1.165) is 0 Å². The molecule has 3 rings (SSSR count). The normalized spacial score (nSPS) is 10.5. The number of aromatic nitrogens is 1. The van der Waals surface area contributed by atoms with E-state index in [1.165, 1.54) is 17.4 Å². The number of anilines is 1. The van der Waals surface area contributed by atoms with Gasteiger partial charge in [0.1, 0.15) is 11.3 Å². The molecule has 6 nitrogen and oxygen atoms in total. The minimum Gasteiger partial charge on any atom is -0.365 e. The molecule has 0 fully saturated rings. The summed E-state index contributed by atoms with van der Waals surface area (Å²) in [7, 11) is 0. The average Bonchev–Trinajstić information content (AvgIpc) is 3.15. The minimum atomic E-state index is -0.740. The number of rotatable bonds is 4. The van der Waals surface area contributed by atoms with Crippen molar-refractivity contribution < 1.29 is 14.1 Å². The zero-order valence-electron chi connectivity index (χ0n) is 11.6. The molecular formula is C15H10ClN3O3S. The number of hydrogen-bond acceptors (Lipinski definition) is 5. The molecule has 0 saturated heterocycles. The van der Waals surface area contributed by atoms with E-state index in [0.29, 0.717) is 21.2 Å². The fourth-order valence-corrected chi connectivity index (χ4v) is 2.89. The summed E-state index contributed by atoms with van der Waals surface area (Å²) in [5, 5.41) is 8.59. The van der Waals surface area contributed by atoms with Gasteiger partial charge in [0.05, 0.1) is 4.88 Å². The topological polar surface area (TPSA) is 98.2 Å². The molecule has 8 heteroatoms. The Kier molecular flexibility index (Phi) is 4.14. The molecule has 2 amide bonds. The van der Waals surface area contributed by atoms with Gasteiger partial charge in [-0.3, -0.25) is 14.9 Å². The van der Waals surface area contributed by atoms with Crippen molar-refractivity contribution in [2.45, 2.75) is 0 Å². The van der Waals surface area contributed by atoms with E-state index in [2.05, 4.69) is 10.5 Å². The maximum atomic E-state index is 12.2. The smallest absolute Gasteiger partial charge is 0.258 e. The van der Waals surface area contributed by atoms with Gasteiger partial charge in [0, 0.05) is 10.6 Å². The third kappa shape index (κ3) is 3.10. The Bertz CT molecular complexity index is 874. The molecule has 1 aromatic carbocycles. The highest BCUT2D eigenvalue weighted by Crippen LogP contribution is 2.31. The van der Waals surface area contributed by atoms with Gasteiger partial charge in [-0.15, -0.1) is 11.3 Å². The third-order valence-electron chi connectivity index (χ3n) is 3.01. The van der Waals surface area contributed by atoms with Gasteiger partial charge < -0.3 is 10.3 Å². The SMILES string of the molecule is NC(=O)c1c(-c2cccs2)noc1NC(=O)c1cccc(Cl)c1. The Morgan fingerprint density at radius 2 is 2.09 bits per heavy atom. The van der Waals surface area contributed by atoms with Crippen LogP contribution in [0.2, 0.25) is 5.02 Å². The lowest BCUT2D eigenvalue weighted by Gasteiger charge is -2.03. The monoisotopic (exact) mass is 347 g/mol. The number of carbonyl (C=O) groups is 2. The predicted molar refractivity (Wildman–Crippen MR) is 87.7 cm³/mol. The Labute approximate surface area is 139 Å². The molecule has 0 bridgehead atoms. The first-order valence-corrected chi connectivity index (χ1v) is 7.72. The number of nitrogens with one attached hydrogen (secondary N) is 1. The van der Waals surface area contributed by atoms with Crippen LogP contribution in [0.5, 0.6) is 0 Å². The van der Waals surface area contributed by atoms with Crippen LogP contribution in [-0.2, 0) is 0 Å². The minimum absolute atomic E-state index is 0.0304. The molecule has 0 aliphatic rings. The molecule has 2 aromatic heterocycles. The molecule has 3 N–H and O–H groups in total. The van der Waals surface area contributed by atoms with Crippen LogP contribution in [0, 0.1) is 0 Å². The number of primary amides is 1. The second kappa shape index (κ2) is 6.23. The van der Waals surface area contributed by atoms with Crippen molar-refractivity contribution >= 4 is 40.6 Å². The highest BCUT2D eigenvalue weighted by atomic mass is 35.5. The Balaban J connectivity index is 1.94. The maximum absolute atomic E-state index is 12.2. The van der Waals surface area contributed by atoms with Crippen molar-refractivity contribution in [1.29, 1.82) is 0 Å². The molecule has 2 heterocycles. The van der Waals surface area contributed by atoms with Gasteiger partial charge in [-0.25, -0.2) is 0 Å². The van der Waals surface area contributed by atoms with Crippen molar-refractivity contribution in [3.63, 3.8) is 0 Å². The molecular weight excluding hydrogens is 338 g/mol. The average molecular weight is 348 g/mol. The fourth-order valence-electron chi connectivity index (χ4n) is 1.99. The molecule has 0 saturated carbocycles. The lowest BCUT2D eigenvalue weighted by Crippen LogP contribution is -2.17. The Morgan fingerprint density at radius 3 is 2.74 bits per heavy atom. The summed E-state index contributed by atoms with van der Waals surface area (Å²) in [5.74, 6) is -1.31. The third-order valence-corrected chi connectivity index (χ3v) is 4.12. The number of amides is 2. The van der Waals surface area contributed by atoms with Crippen LogP contribution in [0.4, 0.5) is 5.88 Å². The molecule has 0 aliphatic carbocycles. The van der Waals surface area contributed by atoms with Crippen LogP contribution in [-0.4, -0.2) is 17.0 Å². The van der Waals surface area contributed by atoms with E-state index in [-0.39, 0.29) is 11.4 Å². The Morgan fingerprint density at radius 1 is 1.26 bits per heavy atom. The van der Waals surface area contributed by atoms with Gasteiger partial charge in [-0.05, 0) is 29.6 Å². The molecule has 0 spiro atoms. The quantitative estimate of drug-likeness (QED) is 0.755. The Hall–Kier alpha value is -2.64. The number of carbonyl (C=O) groups excluding carboxylic acids is 2. The number of hydrogen-bond donors (Lipinski definition) is 2. The van der Waals surface area contributed by atoms with Crippen LogP contribution < -0.4 is 11.1 Å². The summed E-state index contributed by atoms with van der Waals surface area (Å²) in [6, 6.07) is 9.96. The first-order chi connectivity index (χ1) is 11.1. The molecule has 0 atom stereocenters. The van der Waals surface area contributed by atoms with Crippen molar-refractivity contribution in [1.82, 2.24) is 5.16 Å². The van der Waals surface area contributed by atoms with Crippen LogP contribution in [0.25, 0.3) is 10.6 Å². The van der Waals surface area contributed by atoms with E-state index >= 15 is 0 Å². The van der Waals surface area contributed by atoms with Crippen LogP contribution in [0.3, 0.4) is 0 Å². The summed E-state index contributed by atoms with van der Waals surface area (Å²) < 4.78 is 5.09. The number of benzene rings is 1. The van der Waals surface area contributed by atoms with Crippen molar-refractivity contribution in [3.8, 4) is 10.6 Å². The van der Waals surface area contributed by atoms with Gasteiger partial charge >= 0.3 is 0 Å². The van der Waals surface area contributed by atoms with Gasteiger partial charge in [0.25, 0.3) is 11.8 Å². The van der Waals surface area contributed by atoms with E-state index in [4.69, 9.17) is 21.9 Å². The van der Waals surface area contributed by atoms with Gasteiger partial charge in [0.2, 0.25) is 5.88 Å². The van der Waals surface area contributed by atoms with Gasteiger partial charge in [0.15, 0.2) is 0 Å². The predicted octanol–water partition coefficient (Wildman–Crippen LogP) is 3.41. The first kappa shape index (κ1) is 15.3. The molecule has 0 radical (unpaired) electrons. The standard InChI is InChI=1S/C15H10ClN3O3S/c16-9-4-1-3-8(7-9)14(21)18-15-11(13(17)20)12(19-22-15)10-5-2-6-23-10/h1-7H,(H2,17,20)(H,18,21). The molecule has 116 valence electrons. The number of thiophene rings is 1. The van der Waals surface area contributed by atoms with E-state index in [9.17, 15) is 9.59 Å². The van der Waals surface area contributed by atoms with Crippen molar-refractivity contribution in [3.05, 3.63) is 57.9 Å². The first-order valence-electron chi connectivity index (χ1n) is 6.46. The van der Waals surface area contributed by atoms with E-state index in [1.54, 1.807) is 24.3 Å². The second-order valence-corrected chi connectivity index (χ2v) is 5.93. The summed E-state index contributed by atoms with van der Waals surface area (Å²) in [4.78, 5) is 24.7. The summed E-state index contributed by atoms with van der Waals surface area (Å²) in [5.41, 5.74) is 6.05. The van der Waals surface area contributed by atoms with Crippen LogP contribution in [0.15, 0.2) is 46.3 Å². The zero-order chi connectivity index (χ0) is 16.4. The summed E-state index contributed by atoms with van der Waals surface area (Å²) >= 11 is 7.23.